The van der Waals surface area contributed by atoms with Gasteiger partial charge in [-0.2, -0.15) is 4.68 Å². The molecule has 0 N–H and O–H groups in total. The number of rotatable bonds is 5. The van der Waals surface area contributed by atoms with Crippen LogP contribution in [0.25, 0.3) is 0 Å². The third kappa shape index (κ3) is 2.95. The van der Waals surface area contributed by atoms with Gasteiger partial charge in [0.2, 0.25) is 6.54 Å². The number of nitrogens with zero attached hydrogens (tertiary/aromatic N) is 2. The fourth-order valence-corrected chi connectivity index (χ4v) is 4.27. The molecule has 27 heavy (non-hydrogen) atoms. The Kier molecular flexibility index (Phi) is 4.56. The zero-order valence-electron chi connectivity index (χ0n) is 15.8. The number of hydrogen-bond acceptors (Lipinski definition) is 2. The summed E-state index contributed by atoms with van der Waals surface area (Å²) in [6.45, 7) is 5.78. The van der Waals surface area contributed by atoms with Crippen molar-refractivity contribution in [3.8, 4) is 0 Å². The van der Waals surface area contributed by atoms with Crippen LogP contribution in [0, 0.1) is 6.92 Å². The lowest BCUT2D eigenvalue weighted by Crippen LogP contribution is -2.47. The second kappa shape index (κ2) is 7.03. The van der Waals surface area contributed by atoms with Crippen molar-refractivity contribution in [3.63, 3.8) is 0 Å². The van der Waals surface area contributed by atoms with Gasteiger partial charge in [0.05, 0.1) is 12.2 Å². The molecule has 3 aromatic rings. The van der Waals surface area contributed by atoms with Crippen molar-refractivity contribution >= 4 is 5.97 Å². The average molecular weight is 361 g/mol. The summed E-state index contributed by atoms with van der Waals surface area (Å²) in [6, 6.07) is 22.1. The van der Waals surface area contributed by atoms with Crippen molar-refractivity contribution in [2.45, 2.75) is 44.9 Å². The van der Waals surface area contributed by atoms with Crippen molar-refractivity contribution in [2.75, 3.05) is 0 Å². The van der Waals surface area contributed by atoms with Crippen LogP contribution in [0.3, 0.4) is 0 Å². The Morgan fingerprint density at radius 3 is 2.19 bits per heavy atom. The van der Waals surface area contributed by atoms with Crippen LogP contribution in [0.15, 0.2) is 72.9 Å². The van der Waals surface area contributed by atoms with E-state index in [4.69, 9.17) is 4.74 Å². The Morgan fingerprint density at radius 2 is 1.63 bits per heavy atom. The molecule has 4 rings (SSSR count). The van der Waals surface area contributed by atoms with Gasteiger partial charge in [0, 0.05) is 12.5 Å². The van der Waals surface area contributed by atoms with Crippen LogP contribution in [-0.2, 0) is 28.0 Å². The maximum Gasteiger partial charge on any atom is 0.321 e. The lowest BCUT2D eigenvalue weighted by atomic mass is 9.72. The number of ether oxygens (including phenoxy) is 1. The first-order valence-electron chi connectivity index (χ1n) is 9.53. The van der Waals surface area contributed by atoms with Crippen molar-refractivity contribution in [2.24, 2.45) is 0 Å². The van der Waals surface area contributed by atoms with Crippen molar-refractivity contribution < 1.29 is 14.2 Å². The van der Waals surface area contributed by atoms with Crippen LogP contribution in [-0.4, -0.2) is 16.8 Å². The number of carbonyl (C=O) groups excluding carboxylic acids is 1. The Balaban J connectivity index is 1.72. The number of esters is 1. The van der Waals surface area contributed by atoms with Gasteiger partial charge in [-0.1, -0.05) is 60.7 Å². The topological polar surface area (TPSA) is 35.1 Å². The van der Waals surface area contributed by atoms with Gasteiger partial charge in [0.25, 0.3) is 0 Å². The monoisotopic (exact) mass is 361 g/mol. The standard InChI is InChI=1S/C23H25N2O2/c1-3-25-18(2)14-15-24(25)17-21-16-23(22(26)27-21,19-10-6-4-7-11-19)20-12-8-5-9-13-20/h4-15,21H,3,16-17H2,1-2H3/q+1. The van der Waals surface area contributed by atoms with Gasteiger partial charge >= 0.3 is 5.97 Å². The fraction of sp³-hybridized carbons (Fsp3) is 0.304. The van der Waals surface area contributed by atoms with Gasteiger partial charge in [-0.05, 0) is 25.0 Å². The molecule has 2 heterocycles. The quantitative estimate of drug-likeness (QED) is 0.516. The molecule has 1 fully saturated rings. The molecule has 1 aliphatic rings. The van der Waals surface area contributed by atoms with Crippen LogP contribution in [0.4, 0.5) is 0 Å². The molecule has 138 valence electrons. The van der Waals surface area contributed by atoms with Crippen LogP contribution in [0.5, 0.6) is 0 Å². The molecule has 1 aromatic heterocycles. The first-order valence-corrected chi connectivity index (χ1v) is 9.53. The predicted octanol–water partition coefficient (Wildman–Crippen LogP) is 3.41. The molecule has 0 amide bonds. The molecule has 2 aromatic carbocycles. The lowest BCUT2D eigenvalue weighted by Gasteiger charge is -2.26. The normalized spacial score (nSPS) is 18.4. The second-order valence-electron chi connectivity index (χ2n) is 7.16. The molecule has 1 unspecified atom stereocenters. The van der Waals surface area contributed by atoms with Gasteiger partial charge in [-0.3, -0.25) is 4.79 Å². The predicted molar refractivity (Wildman–Crippen MR) is 103 cm³/mol. The summed E-state index contributed by atoms with van der Waals surface area (Å²) in [7, 11) is 0. The van der Waals surface area contributed by atoms with Crippen molar-refractivity contribution in [1.29, 1.82) is 0 Å². The largest absolute Gasteiger partial charge is 0.455 e. The molecule has 1 atom stereocenters. The van der Waals surface area contributed by atoms with E-state index in [0.29, 0.717) is 13.0 Å². The van der Waals surface area contributed by atoms with Gasteiger partial charge < -0.3 is 4.74 Å². The van der Waals surface area contributed by atoms with Gasteiger partial charge in [-0.15, -0.1) is 4.68 Å². The van der Waals surface area contributed by atoms with E-state index in [-0.39, 0.29) is 12.1 Å². The Labute approximate surface area is 160 Å². The number of carbonyl (C=O) groups is 1. The SMILES string of the molecule is CCn1c(C)cc[n+]1CC1CC(c2ccccc2)(c2ccccc2)C(=O)O1. The number of benzene rings is 2. The second-order valence-corrected chi connectivity index (χ2v) is 7.16. The third-order valence-electron chi connectivity index (χ3n) is 5.58. The van der Waals surface area contributed by atoms with E-state index in [1.165, 1.54) is 5.69 Å². The summed E-state index contributed by atoms with van der Waals surface area (Å²) in [5.41, 5.74) is 2.46. The minimum absolute atomic E-state index is 0.156. The highest BCUT2D eigenvalue weighted by molar-refractivity contribution is 5.89. The molecule has 0 bridgehead atoms. The molecule has 1 saturated heterocycles. The smallest absolute Gasteiger partial charge is 0.321 e. The Hall–Kier alpha value is -2.88. The molecular weight excluding hydrogens is 336 g/mol. The van der Waals surface area contributed by atoms with Gasteiger partial charge in [-0.25, -0.2) is 0 Å². The Morgan fingerprint density at radius 1 is 1.04 bits per heavy atom. The maximum absolute atomic E-state index is 13.2. The fourth-order valence-electron chi connectivity index (χ4n) is 4.27. The van der Waals surface area contributed by atoms with Crippen LogP contribution in [0.1, 0.15) is 30.2 Å². The number of aryl methyl sites for hydroxylation is 1. The third-order valence-corrected chi connectivity index (χ3v) is 5.58. The molecule has 4 nitrogen and oxygen atoms in total. The highest BCUT2D eigenvalue weighted by atomic mass is 16.6. The number of aromatic nitrogens is 2. The molecule has 0 saturated carbocycles. The van der Waals surface area contributed by atoms with E-state index in [9.17, 15) is 4.79 Å². The van der Waals surface area contributed by atoms with E-state index >= 15 is 0 Å². The minimum atomic E-state index is -0.744. The van der Waals surface area contributed by atoms with Crippen LogP contribution >= 0.6 is 0 Å². The summed E-state index contributed by atoms with van der Waals surface area (Å²) < 4.78 is 10.3. The first-order chi connectivity index (χ1) is 13.1. The van der Waals surface area contributed by atoms with Crippen LogP contribution in [0.2, 0.25) is 0 Å². The summed E-state index contributed by atoms with van der Waals surface area (Å²) in [6.07, 6.45) is 2.54. The Bertz CT molecular complexity index is 892. The molecule has 0 aliphatic carbocycles. The first kappa shape index (κ1) is 17.5. The number of hydrogen-bond donors (Lipinski definition) is 0. The molecule has 0 spiro atoms. The van der Waals surface area contributed by atoms with E-state index in [0.717, 1.165) is 17.7 Å². The summed E-state index contributed by atoms with van der Waals surface area (Å²) in [4.78, 5) is 13.2. The highest BCUT2D eigenvalue weighted by Gasteiger charge is 2.52. The summed E-state index contributed by atoms with van der Waals surface area (Å²) in [5, 5.41) is 0. The van der Waals surface area contributed by atoms with E-state index < -0.39 is 5.41 Å². The van der Waals surface area contributed by atoms with Crippen molar-refractivity contribution in [1.82, 2.24) is 4.68 Å². The highest BCUT2D eigenvalue weighted by Crippen LogP contribution is 2.43. The van der Waals surface area contributed by atoms with E-state index in [2.05, 4.69) is 35.5 Å². The summed E-state index contributed by atoms with van der Waals surface area (Å²) >= 11 is 0. The molecule has 4 heteroatoms. The maximum atomic E-state index is 13.2. The zero-order chi connectivity index (χ0) is 18.9. The van der Waals surface area contributed by atoms with Gasteiger partial charge in [0.15, 0.2) is 12.3 Å². The van der Waals surface area contributed by atoms with Gasteiger partial charge in [0.1, 0.15) is 5.41 Å². The van der Waals surface area contributed by atoms with Crippen LogP contribution < -0.4 is 4.68 Å². The molecular formula is C23H25N2O2+. The summed E-state index contributed by atoms with van der Waals surface area (Å²) in [5.74, 6) is -0.156. The average Bonchev–Trinajstić information content (AvgIpc) is 3.23. The molecule has 1 aliphatic heterocycles. The number of cyclic esters (lactones) is 1. The van der Waals surface area contributed by atoms with Crippen molar-refractivity contribution in [3.05, 3.63) is 89.7 Å². The lowest BCUT2D eigenvalue weighted by molar-refractivity contribution is -0.780. The zero-order valence-corrected chi connectivity index (χ0v) is 15.8. The molecule has 0 radical (unpaired) electrons. The van der Waals surface area contributed by atoms with E-state index in [1.54, 1.807) is 0 Å². The minimum Gasteiger partial charge on any atom is -0.455 e. The van der Waals surface area contributed by atoms with E-state index in [1.807, 2.05) is 60.7 Å².